The van der Waals surface area contributed by atoms with E-state index in [0.717, 1.165) is 15.6 Å². The van der Waals surface area contributed by atoms with E-state index in [1.54, 1.807) is 41.5 Å². The molecule has 1 N–H and O–H groups in total. The van der Waals surface area contributed by atoms with Gasteiger partial charge in [0.05, 0.1) is 28.7 Å². The van der Waals surface area contributed by atoms with E-state index < -0.39 is 5.97 Å². The number of carboxylic acids is 1. The molecule has 2 rings (SSSR count). The smallest absolute Gasteiger partial charge is 0.335 e. The number of amides is 1. The highest BCUT2D eigenvalue weighted by Crippen LogP contribution is 2.32. The van der Waals surface area contributed by atoms with Crippen molar-refractivity contribution in [3.05, 3.63) is 51.0 Å². The minimum Gasteiger partial charge on any atom is -0.478 e. The van der Waals surface area contributed by atoms with E-state index >= 15 is 0 Å². The molecule has 1 amide bonds. The monoisotopic (exact) mass is 360 g/mol. The van der Waals surface area contributed by atoms with E-state index in [1.165, 1.54) is 6.07 Å². The number of benzene rings is 1. The molecule has 0 saturated carbocycles. The number of carbonyl (C=O) groups is 2. The Kier molecular flexibility index (Phi) is 5.95. The minimum absolute atomic E-state index is 0.0473. The largest absolute Gasteiger partial charge is 0.478 e. The lowest BCUT2D eigenvalue weighted by Crippen LogP contribution is -2.30. The molecule has 1 unspecified atom stereocenters. The van der Waals surface area contributed by atoms with Gasteiger partial charge in [0.25, 0.3) is 0 Å². The predicted octanol–water partition coefficient (Wildman–Crippen LogP) is 4.04. The van der Waals surface area contributed by atoms with Crippen LogP contribution in [-0.2, 0) is 11.2 Å². The summed E-state index contributed by atoms with van der Waals surface area (Å²) in [6, 6.07) is 6.44. The van der Waals surface area contributed by atoms with Crippen LogP contribution in [0.2, 0.25) is 0 Å². The maximum Gasteiger partial charge on any atom is 0.335 e. The highest BCUT2D eigenvalue weighted by Gasteiger charge is 2.23. The Morgan fingerprint density at radius 2 is 1.96 bits per heavy atom. The molecule has 1 aromatic carbocycles. The fraction of sp³-hybridized carbons (Fsp3) is 0.421. The molecule has 0 bridgehead atoms. The van der Waals surface area contributed by atoms with Gasteiger partial charge < -0.3 is 10.0 Å². The van der Waals surface area contributed by atoms with Gasteiger partial charge in [-0.2, -0.15) is 0 Å². The van der Waals surface area contributed by atoms with Crippen molar-refractivity contribution in [2.24, 2.45) is 0 Å². The van der Waals surface area contributed by atoms with E-state index in [4.69, 9.17) is 5.11 Å². The summed E-state index contributed by atoms with van der Waals surface area (Å²) in [4.78, 5) is 31.1. The summed E-state index contributed by atoms with van der Waals surface area (Å²) in [5.41, 5.74) is 1.86. The first-order valence-corrected chi connectivity index (χ1v) is 9.07. The number of aromatic nitrogens is 1. The van der Waals surface area contributed by atoms with Crippen LogP contribution >= 0.6 is 11.3 Å². The molecular weight excluding hydrogens is 336 g/mol. The van der Waals surface area contributed by atoms with Gasteiger partial charge in [0.15, 0.2) is 0 Å². The first-order chi connectivity index (χ1) is 11.7. The fourth-order valence-corrected chi connectivity index (χ4v) is 3.74. The van der Waals surface area contributed by atoms with Gasteiger partial charge in [-0.3, -0.25) is 4.79 Å². The summed E-state index contributed by atoms with van der Waals surface area (Å²) in [6.07, 6.45) is 0.177. The van der Waals surface area contributed by atoms with Crippen molar-refractivity contribution in [1.29, 1.82) is 0 Å². The molecule has 1 aromatic heterocycles. The molecule has 6 heteroatoms. The Hall–Kier alpha value is -2.21. The topological polar surface area (TPSA) is 70.5 Å². The summed E-state index contributed by atoms with van der Waals surface area (Å²) in [5, 5.41) is 10.1. The number of hydrogen-bond donors (Lipinski definition) is 1. The number of thiazole rings is 1. The molecule has 0 aliphatic heterocycles. The highest BCUT2D eigenvalue weighted by molar-refractivity contribution is 7.11. The highest BCUT2D eigenvalue weighted by atomic mass is 32.1. The van der Waals surface area contributed by atoms with Gasteiger partial charge >= 0.3 is 5.97 Å². The van der Waals surface area contributed by atoms with Crippen LogP contribution < -0.4 is 0 Å². The summed E-state index contributed by atoms with van der Waals surface area (Å²) in [5.74, 6) is -0.670. The number of likely N-dealkylation sites (N-methyl/N-ethyl adjacent to an activating group) is 1. The molecular formula is C19H24N2O3S. The molecule has 5 nitrogen and oxygen atoms in total. The first kappa shape index (κ1) is 19.1. The molecule has 0 spiro atoms. The molecule has 1 atom stereocenters. The van der Waals surface area contributed by atoms with Crippen molar-refractivity contribution in [2.45, 2.75) is 46.1 Å². The van der Waals surface area contributed by atoms with Gasteiger partial charge in [-0.15, -0.1) is 11.3 Å². The third kappa shape index (κ3) is 4.45. The van der Waals surface area contributed by atoms with E-state index in [0.29, 0.717) is 11.5 Å². The maximum atomic E-state index is 12.6. The zero-order valence-corrected chi connectivity index (χ0v) is 16.1. The van der Waals surface area contributed by atoms with E-state index in [-0.39, 0.29) is 23.9 Å². The number of carboxylic acid groups (broad SMARTS) is 1. The van der Waals surface area contributed by atoms with Crippen LogP contribution in [-0.4, -0.2) is 33.9 Å². The van der Waals surface area contributed by atoms with Gasteiger partial charge in [0.2, 0.25) is 5.91 Å². The lowest BCUT2D eigenvalue weighted by atomic mass is 10.1. The quantitative estimate of drug-likeness (QED) is 0.844. The number of hydrogen-bond acceptors (Lipinski definition) is 4. The fourth-order valence-electron chi connectivity index (χ4n) is 2.57. The summed E-state index contributed by atoms with van der Waals surface area (Å²) in [6.45, 7) is 8.19. The van der Waals surface area contributed by atoms with Gasteiger partial charge in [0.1, 0.15) is 0 Å². The second-order valence-corrected chi connectivity index (χ2v) is 7.58. The van der Waals surface area contributed by atoms with E-state index in [9.17, 15) is 9.59 Å². The second kappa shape index (κ2) is 7.78. The average molecular weight is 360 g/mol. The van der Waals surface area contributed by atoms with E-state index in [1.807, 2.05) is 13.8 Å². The molecule has 0 aliphatic carbocycles. The molecule has 0 radical (unpaired) electrons. The van der Waals surface area contributed by atoms with E-state index in [2.05, 4.69) is 18.8 Å². The van der Waals surface area contributed by atoms with Crippen molar-refractivity contribution in [3.8, 4) is 0 Å². The Morgan fingerprint density at radius 3 is 2.52 bits per heavy atom. The molecule has 134 valence electrons. The molecule has 25 heavy (non-hydrogen) atoms. The van der Waals surface area contributed by atoms with Crippen LogP contribution in [0.25, 0.3) is 0 Å². The third-order valence-electron chi connectivity index (χ3n) is 4.23. The summed E-state index contributed by atoms with van der Waals surface area (Å²) < 4.78 is 0. The lowest BCUT2D eigenvalue weighted by molar-refractivity contribution is -0.131. The maximum absolute atomic E-state index is 12.6. The normalized spacial score (nSPS) is 12.2. The number of nitrogens with zero attached hydrogens (tertiary/aromatic N) is 2. The van der Waals surface area contributed by atoms with Gasteiger partial charge in [-0.25, -0.2) is 9.78 Å². The second-order valence-electron chi connectivity index (χ2n) is 6.52. The van der Waals surface area contributed by atoms with Gasteiger partial charge in [-0.1, -0.05) is 26.0 Å². The van der Waals surface area contributed by atoms with Crippen LogP contribution in [0.5, 0.6) is 0 Å². The molecule has 0 fully saturated rings. The number of carbonyl (C=O) groups excluding carboxylic acids is 1. The van der Waals surface area contributed by atoms with Crippen molar-refractivity contribution in [2.75, 3.05) is 7.05 Å². The van der Waals surface area contributed by atoms with Crippen molar-refractivity contribution >= 4 is 23.2 Å². The number of rotatable bonds is 6. The predicted molar refractivity (Wildman–Crippen MR) is 99.2 cm³/mol. The molecule has 0 saturated heterocycles. The lowest BCUT2D eigenvalue weighted by Gasteiger charge is -2.24. The van der Waals surface area contributed by atoms with Crippen molar-refractivity contribution in [1.82, 2.24) is 9.88 Å². The standard InChI is InChI=1S/C19H24N2O3S/c1-11(2)18-20-12(3)17(25-18)13(4)21(5)16(22)10-14-7-6-8-15(9-14)19(23)24/h6-9,11,13H,10H2,1-5H3,(H,23,24). The van der Waals surface area contributed by atoms with Crippen LogP contribution in [0.4, 0.5) is 0 Å². The Labute approximate surface area is 152 Å². The average Bonchev–Trinajstić information content (AvgIpc) is 2.95. The minimum atomic E-state index is -0.988. The Bertz CT molecular complexity index is 783. The van der Waals surface area contributed by atoms with Crippen LogP contribution in [0.15, 0.2) is 24.3 Å². The molecule has 0 aliphatic rings. The van der Waals surface area contributed by atoms with Gasteiger partial charge in [0, 0.05) is 17.8 Å². The van der Waals surface area contributed by atoms with Crippen LogP contribution in [0, 0.1) is 6.92 Å². The number of aromatic carboxylic acids is 1. The first-order valence-electron chi connectivity index (χ1n) is 8.25. The summed E-state index contributed by atoms with van der Waals surface area (Å²) >= 11 is 1.65. The Balaban J connectivity index is 2.14. The third-order valence-corrected chi connectivity index (χ3v) is 5.85. The Morgan fingerprint density at radius 1 is 1.28 bits per heavy atom. The number of aryl methyl sites for hydroxylation is 1. The van der Waals surface area contributed by atoms with Crippen LogP contribution in [0.1, 0.15) is 64.2 Å². The van der Waals surface area contributed by atoms with Crippen LogP contribution in [0.3, 0.4) is 0 Å². The zero-order valence-electron chi connectivity index (χ0n) is 15.2. The van der Waals surface area contributed by atoms with Crippen molar-refractivity contribution in [3.63, 3.8) is 0 Å². The van der Waals surface area contributed by atoms with Gasteiger partial charge in [-0.05, 0) is 31.5 Å². The summed E-state index contributed by atoms with van der Waals surface area (Å²) in [7, 11) is 1.78. The molecule has 2 aromatic rings. The molecule has 1 heterocycles. The van der Waals surface area contributed by atoms with Crippen molar-refractivity contribution < 1.29 is 14.7 Å². The SMILES string of the molecule is Cc1nc(C(C)C)sc1C(C)N(C)C(=O)Cc1cccc(C(=O)O)c1. The zero-order chi connectivity index (χ0) is 18.7.